The minimum atomic E-state index is -0.118. The van der Waals surface area contributed by atoms with Crippen LogP contribution in [-0.4, -0.2) is 30.2 Å². The lowest BCUT2D eigenvalue weighted by atomic mass is 10.2. The Hall–Kier alpha value is -1.62. The second-order valence-corrected chi connectivity index (χ2v) is 3.39. The summed E-state index contributed by atoms with van der Waals surface area (Å²) in [4.78, 5) is 18.6. The molecule has 5 nitrogen and oxygen atoms in total. The maximum absolute atomic E-state index is 11.7. The van der Waals surface area contributed by atoms with Crippen LogP contribution in [0.25, 0.3) is 0 Å². The summed E-state index contributed by atoms with van der Waals surface area (Å²) in [5, 5.41) is 2.98. The van der Waals surface area contributed by atoms with Gasteiger partial charge in [-0.2, -0.15) is 0 Å². The van der Waals surface area contributed by atoms with Crippen LogP contribution in [0.2, 0.25) is 0 Å². The van der Waals surface area contributed by atoms with E-state index in [0.717, 1.165) is 5.69 Å². The van der Waals surface area contributed by atoms with Crippen molar-refractivity contribution in [3.8, 4) is 0 Å². The van der Waals surface area contributed by atoms with E-state index in [2.05, 4.69) is 21.9 Å². The summed E-state index contributed by atoms with van der Waals surface area (Å²) in [6.07, 6.45) is 2.23. The average molecular weight is 223 g/mol. The zero-order valence-electron chi connectivity index (χ0n) is 9.67. The van der Waals surface area contributed by atoms with Crippen LogP contribution in [0.4, 0.5) is 5.95 Å². The summed E-state index contributed by atoms with van der Waals surface area (Å²) < 4.78 is 4.89. The highest BCUT2D eigenvalue weighted by molar-refractivity contribution is 5.29. The number of ether oxygens (including phenoxy) is 1. The van der Waals surface area contributed by atoms with Crippen molar-refractivity contribution in [2.24, 2.45) is 0 Å². The van der Waals surface area contributed by atoms with Gasteiger partial charge in [-0.25, -0.2) is 4.98 Å². The first-order valence-corrected chi connectivity index (χ1v) is 5.12. The molecule has 0 saturated carbocycles. The molecule has 1 heterocycles. The van der Waals surface area contributed by atoms with E-state index in [1.807, 2.05) is 6.92 Å². The van der Waals surface area contributed by atoms with Crippen molar-refractivity contribution in [3.05, 3.63) is 34.3 Å². The van der Waals surface area contributed by atoms with Crippen LogP contribution < -0.4 is 10.9 Å². The van der Waals surface area contributed by atoms with Crippen LogP contribution >= 0.6 is 0 Å². The molecule has 0 spiro atoms. The van der Waals surface area contributed by atoms with Crippen LogP contribution in [0.5, 0.6) is 0 Å². The molecule has 0 amide bonds. The summed E-state index contributed by atoms with van der Waals surface area (Å²) >= 11 is 0. The molecule has 0 atom stereocenters. The lowest BCUT2D eigenvalue weighted by Gasteiger charge is -2.07. The maximum Gasteiger partial charge on any atom is 0.256 e. The third-order valence-corrected chi connectivity index (χ3v) is 2.17. The summed E-state index contributed by atoms with van der Waals surface area (Å²) in [5.74, 6) is 0.479. The topological polar surface area (TPSA) is 67.0 Å². The molecule has 88 valence electrons. The van der Waals surface area contributed by atoms with Crippen molar-refractivity contribution >= 4 is 5.95 Å². The average Bonchev–Trinajstić information content (AvgIpc) is 2.24. The highest BCUT2D eigenvalue weighted by atomic mass is 16.5. The van der Waals surface area contributed by atoms with Gasteiger partial charge < -0.3 is 10.1 Å². The number of methoxy groups -OCH3 is 1. The van der Waals surface area contributed by atoms with Gasteiger partial charge in [0.2, 0.25) is 5.95 Å². The fourth-order valence-corrected chi connectivity index (χ4v) is 1.35. The quantitative estimate of drug-likeness (QED) is 0.554. The lowest BCUT2D eigenvalue weighted by Crippen LogP contribution is -2.20. The Bertz CT molecular complexity index is 412. The maximum atomic E-state index is 11.7. The molecule has 5 heteroatoms. The van der Waals surface area contributed by atoms with Gasteiger partial charge in [0.25, 0.3) is 5.56 Å². The molecule has 0 bridgehead atoms. The first kappa shape index (κ1) is 12.4. The van der Waals surface area contributed by atoms with E-state index in [4.69, 9.17) is 4.74 Å². The van der Waals surface area contributed by atoms with Crippen LogP contribution in [0, 0.1) is 6.92 Å². The number of hydrogen-bond acceptors (Lipinski definition) is 4. The Balaban J connectivity index is 2.83. The number of anilines is 1. The third kappa shape index (κ3) is 3.20. The molecule has 0 aliphatic heterocycles. The molecule has 0 aliphatic rings. The van der Waals surface area contributed by atoms with E-state index < -0.39 is 0 Å². The zero-order chi connectivity index (χ0) is 12.0. The van der Waals surface area contributed by atoms with Gasteiger partial charge in [-0.15, -0.1) is 6.58 Å². The van der Waals surface area contributed by atoms with Gasteiger partial charge >= 0.3 is 0 Å². The van der Waals surface area contributed by atoms with Crippen LogP contribution in [0.15, 0.2) is 17.4 Å². The van der Waals surface area contributed by atoms with Gasteiger partial charge in [-0.3, -0.25) is 9.78 Å². The van der Waals surface area contributed by atoms with Crippen molar-refractivity contribution in [2.45, 2.75) is 13.3 Å². The highest BCUT2D eigenvalue weighted by Gasteiger charge is 2.05. The number of aryl methyl sites for hydroxylation is 1. The van der Waals surface area contributed by atoms with Gasteiger partial charge in [0, 0.05) is 19.2 Å². The predicted molar refractivity (Wildman–Crippen MR) is 63.9 cm³/mol. The second-order valence-electron chi connectivity index (χ2n) is 3.39. The number of aromatic amines is 1. The minimum Gasteiger partial charge on any atom is -0.383 e. The van der Waals surface area contributed by atoms with Crippen molar-refractivity contribution < 1.29 is 4.74 Å². The molecule has 16 heavy (non-hydrogen) atoms. The molecule has 1 aromatic rings. The van der Waals surface area contributed by atoms with Crippen molar-refractivity contribution in [1.29, 1.82) is 0 Å². The SMILES string of the molecule is C=CCc1c(C)nc(NCCOC)[nH]c1=O. The number of rotatable bonds is 6. The Morgan fingerprint density at radius 1 is 1.62 bits per heavy atom. The number of aromatic nitrogens is 2. The number of hydrogen-bond donors (Lipinski definition) is 2. The summed E-state index contributed by atoms with van der Waals surface area (Å²) in [5.41, 5.74) is 1.27. The second kappa shape index (κ2) is 6.07. The summed E-state index contributed by atoms with van der Waals surface area (Å²) in [6, 6.07) is 0. The van der Waals surface area contributed by atoms with Gasteiger partial charge in [0.15, 0.2) is 0 Å². The Labute approximate surface area is 94.6 Å². The van der Waals surface area contributed by atoms with E-state index in [1.54, 1.807) is 13.2 Å². The number of H-pyrrole nitrogens is 1. The summed E-state index contributed by atoms with van der Waals surface area (Å²) in [6.45, 7) is 6.60. The first-order valence-electron chi connectivity index (χ1n) is 5.12. The number of nitrogens with one attached hydrogen (secondary N) is 2. The third-order valence-electron chi connectivity index (χ3n) is 2.17. The van der Waals surface area contributed by atoms with Gasteiger partial charge in [-0.1, -0.05) is 6.08 Å². The molecule has 0 saturated heterocycles. The summed E-state index contributed by atoms with van der Waals surface area (Å²) in [7, 11) is 1.62. The van der Waals surface area contributed by atoms with E-state index in [1.165, 1.54) is 0 Å². The highest BCUT2D eigenvalue weighted by Crippen LogP contribution is 2.03. The number of allylic oxidation sites excluding steroid dienone is 1. The molecule has 0 aliphatic carbocycles. The first-order chi connectivity index (χ1) is 7.69. The van der Waals surface area contributed by atoms with E-state index in [-0.39, 0.29) is 5.56 Å². The Morgan fingerprint density at radius 3 is 2.94 bits per heavy atom. The zero-order valence-corrected chi connectivity index (χ0v) is 9.67. The fraction of sp³-hybridized carbons (Fsp3) is 0.455. The van der Waals surface area contributed by atoms with Crippen LogP contribution in [-0.2, 0) is 11.2 Å². The Kier molecular flexibility index (Phi) is 4.72. The van der Waals surface area contributed by atoms with Gasteiger partial charge in [-0.05, 0) is 13.3 Å². The molecule has 0 fully saturated rings. The molecule has 1 rings (SSSR count). The normalized spacial score (nSPS) is 10.1. The standard InChI is InChI=1S/C11H17N3O2/c1-4-5-9-8(2)13-11(14-10(9)15)12-6-7-16-3/h4H,1,5-7H2,2-3H3,(H2,12,13,14,15). The molecule has 2 N–H and O–H groups in total. The lowest BCUT2D eigenvalue weighted by molar-refractivity contribution is 0.210. The van der Waals surface area contributed by atoms with E-state index >= 15 is 0 Å². The van der Waals surface area contributed by atoms with Crippen molar-refractivity contribution in [3.63, 3.8) is 0 Å². The van der Waals surface area contributed by atoms with Crippen molar-refractivity contribution in [2.75, 3.05) is 25.6 Å². The molecule has 0 aromatic carbocycles. The fourth-order valence-electron chi connectivity index (χ4n) is 1.35. The predicted octanol–water partition coefficient (Wildman–Crippen LogP) is 0.865. The number of nitrogens with zero attached hydrogens (tertiary/aromatic N) is 1. The van der Waals surface area contributed by atoms with Crippen LogP contribution in [0.1, 0.15) is 11.3 Å². The molecule has 1 aromatic heterocycles. The molecular weight excluding hydrogens is 206 g/mol. The minimum absolute atomic E-state index is 0.118. The monoisotopic (exact) mass is 223 g/mol. The van der Waals surface area contributed by atoms with E-state index in [0.29, 0.717) is 31.1 Å². The molecular formula is C11H17N3O2. The van der Waals surface area contributed by atoms with E-state index in [9.17, 15) is 4.79 Å². The molecule has 0 radical (unpaired) electrons. The van der Waals surface area contributed by atoms with Gasteiger partial charge in [0.1, 0.15) is 0 Å². The van der Waals surface area contributed by atoms with Crippen LogP contribution in [0.3, 0.4) is 0 Å². The Morgan fingerprint density at radius 2 is 2.38 bits per heavy atom. The smallest absolute Gasteiger partial charge is 0.256 e. The largest absolute Gasteiger partial charge is 0.383 e. The van der Waals surface area contributed by atoms with Crippen molar-refractivity contribution in [1.82, 2.24) is 9.97 Å². The van der Waals surface area contributed by atoms with Gasteiger partial charge in [0.05, 0.1) is 12.3 Å². The molecule has 0 unspecified atom stereocenters.